The number of carboxylic acids is 1. The van der Waals surface area contributed by atoms with Crippen LogP contribution in [-0.2, 0) is 21.5 Å². The normalized spacial score (nSPS) is 12.9. The molecule has 0 saturated carbocycles. The summed E-state index contributed by atoms with van der Waals surface area (Å²) < 4.78 is 5.19. The molecule has 0 aromatic heterocycles. The maximum atomic E-state index is 12.5. The van der Waals surface area contributed by atoms with Crippen molar-refractivity contribution in [3.8, 4) is 5.75 Å². The molecule has 0 saturated heterocycles. The summed E-state index contributed by atoms with van der Waals surface area (Å²) in [7, 11) is 1.53. The second-order valence-corrected chi connectivity index (χ2v) is 6.43. The number of ether oxygens (including phenoxy) is 1. The Morgan fingerprint density at radius 2 is 1.92 bits per heavy atom. The first-order chi connectivity index (χ1) is 11.8. The van der Waals surface area contributed by atoms with Gasteiger partial charge in [-0.2, -0.15) is 0 Å². The molecule has 1 amide bonds. The number of aliphatic carboxylic acids is 1. The zero-order valence-electron chi connectivity index (χ0n) is 14.1. The van der Waals surface area contributed by atoms with E-state index < -0.39 is 11.5 Å². The highest BCUT2D eigenvalue weighted by atomic mass is 35.5. The summed E-state index contributed by atoms with van der Waals surface area (Å²) in [4.78, 5) is 23.8. The second kappa shape index (κ2) is 8.03. The van der Waals surface area contributed by atoms with E-state index in [1.54, 1.807) is 55.5 Å². The van der Waals surface area contributed by atoms with Crippen LogP contribution in [0.5, 0.6) is 5.75 Å². The van der Waals surface area contributed by atoms with E-state index in [-0.39, 0.29) is 18.7 Å². The maximum absolute atomic E-state index is 12.5. The van der Waals surface area contributed by atoms with Crippen LogP contribution in [0.3, 0.4) is 0 Å². The predicted octanol–water partition coefficient (Wildman–Crippen LogP) is 3.40. The smallest absolute Gasteiger partial charge is 0.306 e. The number of carbonyl (C=O) groups excluding carboxylic acids is 1. The zero-order valence-corrected chi connectivity index (χ0v) is 14.8. The molecule has 132 valence electrons. The Balaban J connectivity index is 2.24. The van der Waals surface area contributed by atoms with Crippen LogP contribution < -0.4 is 10.1 Å². The molecule has 0 bridgehead atoms. The van der Waals surface area contributed by atoms with Crippen molar-refractivity contribution < 1.29 is 19.4 Å². The molecule has 2 N–H and O–H groups in total. The molecule has 6 heteroatoms. The Bertz CT molecular complexity index is 778. The molecule has 2 aromatic rings. The number of hydrogen-bond acceptors (Lipinski definition) is 3. The first kappa shape index (κ1) is 18.8. The van der Waals surface area contributed by atoms with Crippen molar-refractivity contribution in [2.24, 2.45) is 0 Å². The number of nitrogens with one attached hydrogen (secondary N) is 1. The summed E-state index contributed by atoms with van der Waals surface area (Å²) in [6.07, 6.45) is -0.138. The average Bonchev–Trinajstić information content (AvgIpc) is 2.54. The van der Waals surface area contributed by atoms with Gasteiger partial charge in [0.05, 0.1) is 25.5 Å². The van der Waals surface area contributed by atoms with E-state index in [1.165, 1.54) is 7.11 Å². The van der Waals surface area contributed by atoms with Gasteiger partial charge in [-0.05, 0) is 42.3 Å². The lowest BCUT2D eigenvalue weighted by molar-refractivity contribution is -0.139. The van der Waals surface area contributed by atoms with Crippen LogP contribution in [0, 0.1) is 0 Å². The van der Waals surface area contributed by atoms with Crippen LogP contribution in [0.15, 0.2) is 48.5 Å². The summed E-state index contributed by atoms with van der Waals surface area (Å²) in [5, 5.41) is 12.7. The second-order valence-electron chi connectivity index (χ2n) is 5.99. The number of amides is 1. The SMILES string of the molecule is COc1cccc(C(C)(CC(=O)O)NC(=O)Cc2cccc(Cl)c2)c1. The lowest BCUT2D eigenvalue weighted by atomic mass is 9.88. The average molecular weight is 362 g/mol. The quantitative estimate of drug-likeness (QED) is 0.792. The van der Waals surface area contributed by atoms with Gasteiger partial charge in [-0.1, -0.05) is 35.9 Å². The molecule has 0 spiro atoms. The highest BCUT2D eigenvalue weighted by Gasteiger charge is 2.31. The van der Waals surface area contributed by atoms with Crippen molar-refractivity contribution in [1.29, 1.82) is 0 Å². The largest absolute Gasteiger partial charge is 0.497 e. The van der Waals surface area contributed by atoms with Crippen LogP contribution in [-0.4, -0.2) is 24.1 Å². The van der Waals surface area contributed by atoms with Crippen LogP contribution in [0.4, 0.5) is 0 Å². The third kappa shape index (κ3) is 5.22. The van der Waals surface area contributed by atoms with E-state index in [9.17, 15) is 14.7 Å². The third-order valence-electron chi connectivity index (χ3n) is 3.88. The number of carbonyl (C=O) groups is 2. The highest BCUT2D eigenvalue weighted by Crippen LogP contribution is 2.28. The summed E-state index contributed by atoms with van der Waals surface area (Å²) in [5.74, 6) is -0.694. The molecule has 0 heterocycles. The monoisotopic (exact) mass is 361 g/mol. The van der Waals surface area contributed by atoms with Gasteiger partial charge in [-0.25, -0.2) is 0 Å². The molecule has 0 fully saturated rings. The van der Waals surface area contributed by atoms with Crippen LogP contribution in [0.2, 0.25) is 5.02 Å². The number of halogens is 1. The fraction of sp³-hybridized carbons (Fsp3) is 0.263. The zero-order chi connectivity index (χ0) is 18.4. The van der Waals surface area contributed by atoms with E-state index in [0.717, 1.165) is 5.56 Å². The van der Waals surface area contributed by atoms with Crippen LogP contribution >= 0.6 is 11.6 Å². The van der Waals surface area contributed by atoms with Gasteiger partial charge in [0.25, 0.3) is 0 Å². The molecule has 0 aliphatic heterocycles. The summed E-state index contributed by atoms with van der Waals surface area (Å²) >= 11 is 5.94. The third-order valence-corrected chi connectivity index (χ3v) is 4.12. The number of hydrogen-bond donors (Lipinski definition) is 2. The summed E-state index contributed by atoms with van der Waals surface area (Å²) in [6.45, 7) is 1.69. The van der Waals surface area contributed by atoms with Crippen molar-refractivity contribution >= 4 is 23.5 Å². The van der Waals surface area contributed by atoms with Gasteiger partial charge in [-0.3, -0.25) is 9.59 Å². The number of benzene rings is 2. The molecule has 0 aliphatic rings. The topological polar surface area (TPSA) is 75.6 Å². The van der Waals surface area contributed by atoms with Gasteiger partial charge in [-0.15, -0.1) is 0 Å². The molecule has 0 aliphatic carbocycles. The van der Waals surface area contributed by atoms with E-state index in [4.69, 9.17) is 16.3 Å². The van der Waals surface area contributed by atoms with E-state index >= 15 is 0 Å². The molecule has 0 radical (unpaired) electrons. The number of rotatable bonds is 7. The van der Waals surface area contributed by atoms with Gasteiger partial charge < -0.3 is 15.2 Å². The maximum Gasteiger partial charge on any atom is 0.306 e. The number of carboxylic acid groups (broad SMARTS) is 1. The first-order valence-corrected chi connectivity index (χ1v) is 8.12. The van der Waals surface area contributed by atoms with Gasteiger partial charge >= 0.3 is 5.97 Å². The Morgan fingerprint density at radius 3 is 2.56 bits per heavy atom. The minimum atomic E-state index is -1.06. The van der Waals surface area contributed by atoms with Crippen LogP contribution in [0.25, 0.3) is 0 Å². The van der Waals surface area contributed by atoms with Crippen LogP contribution in [0.1, 0.15) is 24.5 Å². The fourth-order valence-electron chi connectivity index (χ4n) is 2.67. The highest BCUT2D eigenvalue weighted by molar-refractivity contribution is 6.30. The van der Waals surface area contributed by atoms with Crippen molar-refractivity contribution in [1.82, 2.24) is 5.32 Å². The lowest BCUT2D eigenvalue weighted by Gasteiger charge is -2.30. The lowest BCUT2D eigenvalue weighted by Crippen LogP contribution is -2.45. The Kier molecular flexibility index (Phi) is 6.04. The standard InChI is InChI=1S/C19H20ClNO4/c1-19(12-18(23)24,14-6-4-8-16(11-14)25-2)21-17(22)10-13-5-3-7-15(20)9-13/h3-9,11H,10,12H2,1-2H3,(H,21,22)(H,23,24). The molecule has 1 atom stereocenters. The minimum absolute atomic E-state index is 0.111. The molecule has 2 aromatic carbocycles. The van der Waals surface area contributed by atoms with Gasteiger partial charge in [0.15, 0.2) is 0 Å². The summed E-state index contributed by atoms with van der Waals surface area (Å²) in [6, 6.07) is 14.0. The van der Waals surface area contributed by atoms with Gasteiger partial charge in [0.1, 0.15) is 5.75 Å². The minimum Gasteiger partial charge on any atom is -0.497 e. The Labute approximate surface area is 151 Å². The molecular weight excluding hydrogens is 342 g/mol. The Morgan fingerprint density at radius 1 is 1.20 bits per heavy atom. The van der Waals surface area contributed by atoms with E-state index in [0.29, 0.717) is 16.3 Å². The van der Waals surface area contributed by atoms with Gasteiger partial charge in [0, 0.05) is 5.02 Å². The fourth-order valence-corrected chi connectivity index (χ4v) is 2.88. The van der Waals surface area contributed by atoms with Crippen molar-refractivity contribution in [2.45, 2.75) is 25.3 Å². The Hall–Kier alpha value is -2.53. The molecule has 5 nitrogen and oxygen atoms in total. The van der Waals surface area contributed by atoms with Crippen molar-refractivity contribution in [2.75, 3.05) is 7.11 Å². The molecule has 2 rings (SSSR count). The van der Waals surface area contributed by atoms with Crippen molar-refractivity contribution in [3.63, 3.8) is 0 Å². The first-order valence-electron chi connectivity index (χ1n) is 7.74. The van der Waals surface area contributed by atoms with Gasteiger partial charge in [0.2, 0.25) is 5.91 Å². The predicted molar refractivity (Wildman–Crippen MR) is 95.9 cm³/mol. The molecular formula is C19H20ClNO4. The van der Waals surface area contributed by atoms with Crippen molar-refractivity contribution in [3.05, 3.63) is 64.7 Å². The molecule has 25 heavy (non-hydrogen) atoms. The summed E-state index contributed by atoms with van der Waals surface area (Å²) in [5.41, 5.74) is 0.359. The number of methoxy groups -OCH3 is 1. The molecule has 1 unspecified atom stereocenters. The van der Waals surface area contributed by atoms with E-state index in [2.05, 4.69) is 5.32 Å². The van der Waals surface area contributed by atoms with E-state index in [1.807, 2.05) is 0 Å².